The van der Waals surface area contributed by atoms with Gasteiger partial charge in [0.2, 0.25) is 10.9 Å². The average molecular weight is 504 g/mol. The van der Waals surface area contributed by atoms with Gasteiger partial charge in [0.05, 0.1) is 24.1 Å². The van der Waals surface area contributed by atoms with Crippen LogP contribution in [0.5, 0.6) is 11.5 Å². The Balaban J connectivity index is 1.76. The molecule has 5 rings (SSSR count). The van der Waals surface area contributed by atoms with E-state index >= 15 is 0 Å². The summed E-state index contributed by atoms with van der Waals surface area (Å²) in [6.45, 7) is 9.84. The zero-order valence-electron chi connectivity index (χ0n) is 20.5. The Hall–Kier alpha value is -3.98. The van der Waals surface area contributed by atoms with Gasteiger partial charge in [0.1, 0.15) is 17.2 Å². The number of hydrogen-bond acceptors (Lipinski definition) is 8. The Bertz CT molecular complexity index is 1570. The second-order valence-corrected chi connectivity index (χ2v) is 9.57. The van der Waals surface area contributed by atoms with Crippen molar-refractivity contribution in [2.75, 3.05) is 18.6 Å². The van der Waals surface area contributed by atoms with Crippen molar-refractivity contribution in [2.45, 2.75) is 33.2 Å². The van der Waals surface area contributed by atoms with E-state index in [-0.39, 0.29) is 16.8 Å². The maximum atomic E-state index is 13.9. The van der Waals surface area contributed by atoms with E-state index < -0.39 is 11.9 Å². The van der Waals surface area contributed by atoms with E-state index in [1.54, 1.807) is 24.3 Å². The molecule has 2 aromatic carbocycles. The Morgan fingerprint density at radius 2 is 1.92 bits per heavy atom. The van der Waals surface area contributed by atoms with Gasteiger partial charge in [-0.25, -0.2) is 0 Å². The largest absolute Gasteiger partial charge is 0.493 e. The average Bonchev–Trinajstić information content (AvgIpc) is 3.46. The van der Waals surface area contributed by atoms with Crippen molar-refractivity contribution in [3.8, 4) is 11.5 Å². The Morgan fingerprint density at radius 1 is 1.14 bits per heavy atom. The lowest BCUT2D eigenvalue weighted by Crippen LogP contribution is -2.29. The van der Waals surface area contributed by atoms with Gasteiger partial charge >= 0.3 is 0 Å². The van der Waals surface area contributed by atoms with Crippen LogP contribution in [0.2, 0.25) is 0 Å². The molecule has 36 heavy (non-hydrogen) atoms. The molecule has 0 fully saturated rings. The van der Waals surface area contributed by atoms with E-state index in [1.807, 2.05) is 32.9 Å². The molecule has 2 aromatic heterocycles. The van der Waals surface area contributed by atoms with E-state index in [0.29, 0.717) is 46.2 Å². The lowest BCUT2D eigenvalue weighted by Gasteiger charge is -2.23. The number of benzene rings is 2. The van der Waals surface area contributed by atoms with Crippen molar-refractivity contribution in [1.29, 1.82) is 0 Å². The highest BCUT2D eigenvalue weighted by molar-refractivity contribution is 7.15. The summed E-state index contributed by atoms with van der Waals surface area (Å²) >= 11 is 1.31. The minimum atomic E-state index is -0.769. The van der Waals surface area contributed by atoms with Crippen LogP contribution in [-0.2, 0) is 6.42 Å². The molecule has 184 valence electrons. The number of aryl methyl sites for hydroxylation is 3. The van der Waals surface area contributed by atoms with Crippen LogP contribution < -0.4 is 19.8 Å². The molecule has 4 aromatic rings. The number of aromatic nitrogens is 2. The Labute approximate surface area is 211 Å². The van der Waals surface area contributed by atoms with Crippen molar-refractivity contribution in [3.63, 3.8) is 0 Å². The van der Waals surface area contributed by atoms with Gasteiger partial charge < -0.3 is 13.9 Å². The van der Waals surface area contributed by atoms with Gasteiger partial charge in [-0.3, -0.25) is 14.5 Å². The van der Waals surface area contributed by atoms with Gasteiger partial charge in [-0.2, -0.15) is 0 Å². The van der Waals surface area contributed by atoms with Crippen molar-refractivity contribution in [2.24, 2.45) is 0 Å². The maximum absolute atomic E-state index is 13.9. The number of methoxy groups -OCH3 is 1. The molecular weight excluding hydrogens is 478 g/mol. The first kappa shape index (κ1) is 23.7. The first-order chi connectivity index (χ1) is 17.4. The van der Waals surface area contributed by atoms with E-state index in [2.05, 4.69) is 16.8 Å². The molecule has 0 saturated carbocycles. The summed E-state index contributed by atoms with van der Waals surface area (Å²) in [4.78, 5) is 29.1. The molecule has 0 spiro atoms. The quantitative estimate of drug-likeness (QED) is 0.322. The first-order valence-electron chi connectivity index (χ1n) is 11.5. The molecule has 9 heteroatoms. The van der Waals surface area contributed by atoms with Crippen LogP contribution >= 0.6 is 11.3 Å². The van der Waals surface area contributed by atoms with Crippen LogP contribution in [0, 0.1) is 13.8 Å². The molecule has 1 aliphatic rings. The normalized spacial score (nSPS) is 14.8. The highest BCUT2D eigenvalue weighted by Gasteiger charge is 2.45. The molecule has 0 N–H and O–H groups in total. The number of rotatable bonds is 7. The number of carbonyl (C=O) groups excluding carboxylic acids is 1. The van der Waals surface area contributed by atoms with Crippen LogP contribution in [0.4, 0.5) is 5.13 Å². The molecule has 0 radical (unpaired) electrons. The summed E-state index contributed by atoms with van der Waals surface area (Å²) in [5.41, 5.74) is 3.00. The van der Waals surface area contributed by atoms with Crippen molar-refractivity contribution < 1.29 is 18.7 Å². The molecule has 1 amide bonds. The molecule has 8 nitrogen and oxygen atoms in total. The highest BCUT2D eigenvalue weighted by Crippen LogP contribution is 2.44. The van der Waals surface area contributed by atoms with Gasteiger partial charge in [-0.1, -0.05) is 37.0 Å². The van der Waals surface area contributed by atoms with Gasteiger partial charge in [-0.05, 0) is 61.2 Å². The van der Waals surface area contributed by atoms with Crippen LogP contribution in [-0.4, -0.2) is 29.8 Å². The summed E-state index contributed by atoms with van der Waals surface area (Å²) in [6, 6.07) is 8.18. The third kappa shape index (κ3) is 3.76. The number of nitrogens with zero attached hydrogens (tertiary/aromatic N) is 3. The zero-order chi connectivity index (χ0) is 25.6. The van der Waals surface area contributed by atoms with Gasteiger partial charge in [0.25, 0.3) is 5.91 Å². The summed E-state index contributed by atoms with van der Waals surface area (Å²) < 4.78 is 17.4. The summed E-state index contributed by atoms with van der Waals surface area (Å²) in [7, 11) is 1.54. The molecule has 0 saturated heterocycles. The summed E-state index contributed by atoms with van der Waals surface area (Å²) in [5, 5.41) is 10.1. The van der Waals surface area contributed by atoms with Crippen molar-refractivity contribution in [1.82, 2.24) is 10.2 Å². The highest BCUT2D eigenvalue weighted by atomic mass is 32.1. The number of amides is 1. The fourth-order valence-corrected chi connectivity index (χ4v) is 5.15. The third-order valence-electron chi connectivity index (χ3n) is 6.31. The summed E-state index contributed by atoms with van der Waals surface area (Å²) in [6.07, 6.45) is 2.32. The number of anilines is 1. The first-order valence-corrected chi connectivity index (χ1v) is 12.3. The van der Waals surface area contributed by atoms with E-state index in [0.717, 1.165) is 16.1 Å². The number of hydrogen-bond donors (Lipinski definition) is 0. The molecule has 1 aliphatic heterocycles. The standard InChI is InChI=1S/C27H25N3O5S/c1-6-10-34-18-9-8-16(13-20(18)33-5)23-22-24(31)17-11-14(3)15(4)12-19(17)35-25(22)26(32)30(23)27-29-28-21(7-2)36-27/h6,8-9,11-13,23H,1,7,10H2,2-5H3. The maximum Gasteiger partial charge on any atom is 0.297 e. The van der Waals surface area contributed by atoms with Crippen LogP contribution in [0.3, 0.4) is 0 Å². The second-order valence-electron chi connectivity index (χ2n) is 8.53. The van der Waals surface area contributed by atoms with E-state index in [4.69, 9.17) is 13.9 Å². The number of carbonyl (C=O) groups is 1. The van der Waals surface area contributed by atoms with Crippen LogP contribution in [0.15, 0.2) is 52.2 Å². The molecular formula is C27H25N3O5S. The Kier molecular flexibility index (Phi) is 6.09. The molecule has 0 bridgehead atoms. The van der Waals surface area contributed by atoms with Crippen LogP contribution in [0.25, 0.3) is 11.0 Å². The number of fused-ring (bicyclic) bond motifs is 2. The fourth-order valence-electron chi connectivity index (χ4n) is 4.35. The predicted octanol–water partition coefficient (Wildman–Crippen LogP) is 5.15. The van der Waals surface area contributed by atoms with E-state index in [1.165, 1.54) is 23.3 Å². The van der Waals surface area contributed by atoms with Crippen LogP contribution in [0.1, 0.15) is 50.8 Å². The molecule has 1 unspecified atom stereocenters. The van der Waals surface area contributed by atoms with Gasteiger partial charge in [0, 0.05) is 0 Å². The monoisotopic (exact) mass is 503 g/mol. The van der Waals surface area contributed by atoms with Crippen molar-refractivity contribution >= 4 is 33.3 Å². The number of ether oxygens (including phenoxy) is 2. The second kappa shape index (κ2) is 9.23. The van der Waals surface area contributed by atoms with Crippen molar-refractivity contribution in [3.05, 3.63) is 86.2 Å². The topological polar surface area (TPSA) is 94.8 Å². The molecule has 0 aliphatic carbocycles. The lowest BCUT2D eigenvalue weighted by atomic mass is 9.97. The SMILES string of the molecule is C=CCOc1ccc(C2c3c(oc4cc(C)c(C)cc4c3=O)C(=O)N2c2nnc(CC)s2)cc1OC. The summed E-state index contributed by atoms with van der Waals surface area (Å²) in [5.74, 6) is 0.577. The predicted molar refractivity (Wildman–Crippen MR) is 139 cm³/mol. The minimum Gasteiger partial charge on any atom is -0.493 e. The van der Waals surface area contributed by atoms with Gasteiger partial charge in [0.15, 0.2) is 16.9 Å². The molecule has 3 heterocycles. The van der Waals surface area contributed by atoms with Gasteiger partial charge in [-0.15, -0.1) is 10.2 Å². The fraction of sp³-hybridized carbons (Fsp3) is 0.259. The third-order valence-corrected chi connectivity index (χ3v) is 7.38. The lowest BCUT2D eigenvalue weighted by molar-refractivity contribution is 0.0970. The zero-order valence-corrected chi connectivity index (χ0v) is 21.3. The Morgan fingerprint density at radius 3 is 2.61 bits per heavy atom. The minimum absolute atomic E-state index is 0.0138. The van der Waals surface area contributed by atoms with E-state index in [9.17, 15) is 9.59 Å². The smallest absolute Gasteiger partial charge is 0.297 e. The molecule has 1 atom stereocenters.